The van der Waals surface area contributed by atoms with Crippen molar-refractivity contribution >= 4 is 11.9 Å². The number of rotatable bonds is 13. The van der Waals surface area contributed by atoms with Gasteiger partial charge in [-0.05, 0) is 19.3 Å². The molecule has 1 saturated heterocycles. The number of carbonyl (C=O) groups is 1. The van der Waals surface area contributed by atoms with Crippen LogP contribution >= 0.6 is 0 Å². The quantitative estimate of drug-likeness (QED) is 0.292. The van der Waals surface area contributed by atoms with Gasteiger partial charge in [-0.25, -0.2) is 0 Å². The minimum Gasteiger partial charge on any atom is -0.381 e. The maximum absolute atomic E-state index is 12.1. The zero-order valence-corrected chi connectivity index (χ0v) is 18.1. The predicted octanol–water partition coefficient (Wildman–Crippen LogP) is 3.18. The van der Waals surface area contributed by atoms with Crippen molar-refractivity contribution in [3.8, 4) is 0 Å². The van der Waals surface area contributed by atoms with E-state index in [4.69, 9.17) is 4.74 Å². The van der Waals surface area contributed by atoms with E-state index in [1.54, 1.807) is 7.05 Å². The van der Waals surface area contributed by atoms with Gasteiger partial charge in [0.2, 0.25) is 5.91 Å². The molecule has 0 aliphatic carbocycles. The van der Waals surface area contributed by atoms with Crippen molar-refractivity contribution in [2.45, 2.75) is 78.2 Å². The van der Waals surface area contributed by atoms with Gasteiger partial charge in [0.05, 0.1) is 0 Å². The number of amides is 1. The van der Waals surface area contributed by atoms with Crippen LogP contribution in [0.4, 0.5) is 0 Å². The van der Waals surface area contributed by atoms with Crippen LogP contribution in [-0.2, 0) is 9.53 Å². The van der Waals surface area contributed by atoms with Crippen molar-refractivity contribution < 1.29 is 9.53 Å². The maximum Gasteiger partial charge on any atom is 0.225 e. The minimum atomic E-state index is 0.0672. The summed E-state index contributed by atoms with van der Waals surface area (Å²) in [6.45, 7) is 10.3. The van der Waals surface area contributed by atoms with E-state index in [0.29, 0.717) is 0 Å². The number of guanidine groups is 1. The third-order valence-electron chi connectivity index (χ3n) is 4.96. The van der Waals surface area contributed by atoms with Crippen molar-refractivity contribution in [2.75, 3.05) is 39.9 Å². The molecule has 0 bridgehead atoms. The molecule has 0 radical (unpaired) electrons. The second-order valence-electron chi connectivity index (χ2n) is 7.80. The molecule has 1 amide bonds. The first kappa shape index (κ1) is 23.7. The van der Waals surface area contributed by atoms with E-state index in [1.165, 1.54) is 38.5 Å². The van der Waals surface area contributed by atoms with Gasteiger partial charge in [0.15, 0.2) is 5.96 Å². The van der Waals surface area contributed by atoms with Gasteiger partial charge in [-0.1, -0.05) is 52.9 Å². The molecule has 1 atom stereocenters. The second kappa shape index (κ2) is 14.7. The van der Waals surface area contributed by atoms with E-state index in [0.717, 1.165) is 51.6 Å². The van der Waals surface area contributed by atoms with E-state index in [-0.39, 0.29) is 17.9 Å². The molecule has 6 heteroatoms. The smallest absolute Gasteiger partial charge is 0.225 e. The van der Waals surface area contributed by atoms with E-state index in [9.17, 15) is 4.79 Å². The van der Waals surface area contributed by atoms with Gasteiger partial charge in [0, 0.05) is 51.9 Å². The van der Waals surface area contributed by atoms with Crippen molar-refractivity contribution in [1.82, 2.24) is 15.5 Å². The average Bonchev–Trinajstić information content (AvgIpc) is 3.12. The van der Waals surface area contributed by atoms with Crippen molar-refractivity contribution in [3.63, 3.8) is 0 Å². The highest BCUT2D eigenvalue weighted by molar-refractivity contribution is 5.81. The Morgan fingerprint density at radius 2 is 1.85 bits per heavy atom. The first-order valence-corrected chi connectivity index (χ1v) is 10.9. The first-order valence-electron chi connectivity index (χ1n) is 10.9. The second-order valence-corrected chi connectivity index (χ2v) is 7.80. The van der Waals surface area contributed by atoms with E-state index in [1.807, 2.05) is 18.7 Å². The van der Waals surface area contributed by atoms with Crippen LogP contribution in [0.5, 0.6) is 0 Å². The van der Waals surface area contributed by atoms with Crippen LogP contribution in [0.15, 0.2) is 4.99 Å². The van der Waals surface area contributed by atoms with Gasteiger partial charge in [0.1, 0.15) is 0 Å². The monoisotopic (exact) mass is 382 g/mol. The molecule has 6 nitrogen and oxygen atoms in total. The lowest BCUT2D eigenvalue weighted by atomic mass is 10.1. The fourth-order valence-electron chi connectivity index (χ4n) is 3.30. The summed E-state index contributed by atoms with van der Waals surface area (Å²) in [7, 11) is 1.79. The number of hydrogen-bond donors (Lipinski definition) is 2. The molecule has 27 heavy (non-hydrogen) atoms. The predicted molar refractivity (Wildman–Crippen MR) is 113 cm³/mol. The van der Waals surface area contributed by atoms with Crippen LogP contribution in [0.2, 0.25) is 0 Å². The zero-order chi connectivity index (χ0) is 19.9. The summed E-state index contributed by atoms with van der Waals surface area (Å²) >= 11 is 0. The van der Waals surface area contributed by atoms with Gasteiger partial charge in [-0.15, -0.1) is 0 Å². The molecule has 1 aliphatic heterocycles. The molecule has 0 aromatic carbocycles. The number of ether oxygens (including phenoxy) is 1. The highest BCUT2D eigenvalue weighted by Gasteiger charge is 2.27. The summed E-state index contributed by atoms with van der Waals surface area (Å²) in [5.41, 5.74) is 0. The SMILES string of the molecule is CCCCCCCCOCCCNC(=NC)NC1CCN(C(=O)C(C)C)C1. The topological polar surface area (TPSA) is 66.0 Å². The molecule has 0 spiro atoms. The summed E-state index contributed by atoms with van der Waals surface area (Å²) in [4.78, 5) is 18.3. The Balaban J connectivity index is 2.03. The molecule has 1 unspecified atom stereocenters. The average molecular weight is 383 g/mol. The summed E-state index contributed by atoms with van der Waals surface area (Å²) in [5.74, 6) is 1.12. The minimum absolute atomic E-state index is 0.0672. The summed E-state index contributed by atoms with van der Waals surface area (Å²) in [6, 6.07) is 0.280. The maximum atomic E-state index is 12.1. The lowest BCUT2D eigenvalue weighted by molar-refractivity contribution is -0.133. The van der Waals surface area contributed by atoms with Crippen LogP contribution in [0.3, 0.4) is 0 Å². The van der Waals surface area contributed by atoms with Gasteiger partial charge < -0.3 is 20.3 Å². The molecular formula is C21H42N4O2. The van der Waals surface area contributed by atoms with Crippen LogP contribution in [0.1, 0.15) is 72.1 Å². The molecule has 1 fully saturated rings. The van der Waals surface area contributed by atoms with E-state index >= 15 is 0 Å². The Kier molecular flexibility index (Phi) is 12.9. The molecular weight excluding hydrogens is 340 g/mol. The normalized spacial score (nSPS) is 17.6. The van der Waals surface area contributed by atoms with Gasteiger partial charge >= 0.3 is 0 Å². The molecule has 1 heterocycles. The van der Waals surface area contributed by atoms with Crippen molar-refractivity contribution in [2.24, 2.45) is 10.9 Å². The lowest BCUT2D eigenvalue weighted by Crippen LogP contribution is -2.45. The van der Waals surface area contributed by atoms with Crippen LogP contribution in [-0.4, -0.2) is 62.7 Å². The fraction of sp³-hybridized carbons (Fsp3) is 0.905. The molecule has 1 aliphatic rings. The molecule has 1 rings (SSSR count). The van der Waals surface area contributed by atoms with Crippen LogP contribution in [0, 0.1) is 5.92 Å². The van der Waals surface area contributed by atoms with E-state index in [2.05, 4.69) is 22.5 Å². The third kappa shape index (κ3) is 10.6. The highest BCUT2D eigenvalue weighted by atomic mass is 16.5. The number of likely N-dealkylation sites (tertiary alicyclic amines) is 1. The van der Waals surface area contributed by atoms with Gasteiger partial charge in [-0.2, -0.15) is 0 Å². The number of carbonyl (C=O) groups excluding carboxylic acids is 1. The molecule has 0 aromatic heterocycles. The van der Waals surface area contributed by atoms with Crippen LogP contribution in [0.25, 0.3) is 0 Å². The van der Waals surface area contributed by atoms with Crippen LogP contribution < -0.4 is 10.6 Å². The molecule has 0 saturated carbocycles. The highest BCUT2D eigenvalue weighted by Crippen LogP contribution is 2.12. The van der Waals surface area contributed by atoms with Crippen molar-refractivity contribution in [3.05, 3.63) is 0 Å². The largest absolute Gasteiger partial charge is 0.381 e. The number of nitrogens with zero attached hydrogens (tertiary/aromatic N) is 2. The Morgan fingerprint density at radius 1 is 1.15 bits per heavy atom. The Morgan fingerprint density at radius 3 is 2.56 bits per heavy atom. The van der Waals surface area contributed by atoms with Crippen molar-refractivity contribution in [1.29, 1.82) is 0 Å². The first-order chi connectivity index (χ1) is 13.1. The zero-order valence-electron chi connectivity index (χ0n) is 18.1. The Bertz CT molecular complexity index is 426. The lowest BCUT2D eigenvalue weighted by Gasteiger charge is -2.20. The standard InChI is InChI=1S/C21H42N4O2/c1-5-6-7-8-9-10-15-27-16-11-13-23-21(22-4)24-19-12-14-25(17-19)20(26)18(2)3/h18-19H,5-17H2,1-4H3,(H2,22,23,24). The fourth-order valence-corrected chi connectivity index (χ4v) is 3.30. The van der Waals surface area contributed by atoms with E-state index < -0.39 is 0 Å². The number of nitrogens with one attached hydrogen (secondary N) is 2. The summed E-state index contributed by atoms with van der Waals surface area (Å²) in [6.07, 6.45) is 9.75. The summed E-state index contributed by atoms with van der Waals surface area (Å²) < 4.78 is 5.71. The third-order valence-corrected chi connectivity index (χ3v) is 4.96. The number of unbranched alkanes of at least 4 members (excludes halogenated alkanes) is 5. The molecule has 0 aromatic rings. The number of hydrogen-bond acceptors (Lipinski definition) is 3. The van der Waals surface area contributed by atoms with Gasteiger partial charge in [-0.3, -0.25) is 9.79 Å². The Hall–Kier alpha value is -1.30. The number of aliphatic imine (C=N–C) groups is 1. The summed E-state index contributed by atoms with van der Waals surface area (Å²) in [5, 5.41) is 6.77. The molecule has 158 valence electrons. The molecule has 2 N–H and O–H groups in total. The van der Waals surface area contributed by atoms with Gasteiger partial charge in [0.25, 0.3) is 0 Å². The Labute approximate surface area is 166 Å².